The average molecular weight is 283 g/mol. The highest BCUT2D eigenvalue weighted by molar-refractivity contribution is 8.00. The SMILES string of the molecule is Cc1ccc(C(=O)C(C)Cl)cc1SC(F)(F)F. The molecule has 0 spiro atoms. The van der Waals surface area contributed by atoms with Gasteiger partial charge in [-0.05, 0) is 37.2 Å². The number of ketones is 1. The van der Waals surface area contributed by atoms with Gasteiger partial charge in [-0.2, -0.15) is 13.2 Å². The number of rotatable bonds is 3. The molecule has 17 heavy (non-hydrogen) atoms. The molecule has 1 aromatic carbocycles. The molecular weight excluding hydrogens is 273 g/mol. The number of hydrogen-bond donors (Lipinski definition) is 0. The Balaban J connectivity index is 3.07. The van der Waals surface area contributed by atoms with E-state index in [0.29, 0.717) is 5.56 Å². The van der Waals surface area contributed by atoms with Crippen LogP contribution in [0.3, 0.4) is 0 Å². The van der Waals surface area contributed by atoms with E-state index < -0.39 is 10.9 Å². The molecule has 0 heterocycles. The molecule has 0 bridgehead atoms. The zero-order chi connectivity index (χ0) is 13.2. The maximum atomic E-state index is 12.3. The highest BCUT2D eigenvalue weighted by Gasteiger charge is 2.30. The van der Waals surface area contributed by atoms with Gasteiger partial charge in [0.1, 0.15) is 0 Å². The molecule has 1 unspecified atom stereocenters. The van der Waals surface area contributed by atoms with Crippen molar-refractivity contribution in [3.63, 3.8) is 0 Å². The Morgan fingerprint density at radius 3 is 2.47 bits per heavy atom. The van der Waals surface area contributed by atoms with Gasteiger partial charge in [0.15, 0.2) is 5.78 Å². The summed E-state index contributed by atoms with van der Waals surface area (Å²) in [5.41, 5.74) is -3.69. The second-order valence-corrected chi connectivity index (χ2v) is 5.27. The predicted octanol–water partition coefficient (Wildman–Crippen LogP) is 4.42. The summed E-state index contributed by atoms with van der Waals surface area (Å²) in [6.45, 7) is 3.05. The van der Waals surface area contributed by atoms with Gasteiger partial charge in [-0.25, -0.2) is 0 Å². The smallest absolute Gasteiger partial charge is 0.293 e. The van der Waals surface area contributed by atoms with Crippen molar-refractivity contribution < 1.29 is 18.0 Å². The molecule has 0 N–H and O–H groups in total. The van der Waals surface area contributed by atoms with Crippen LogP contribution in [0, 0.1) is 6.92 Å². The molecule has 6 heteroatoms. The molecule has 0 fully saturated rings. The van der Waals surface area contributed by atoms with E-state index in [9.17, 15) is 18.0 Å². The van der Waals surface area contributed by atoms with Crippen LogP contribution >= 0.6 is 23.4 Å². The van der Waals surface area contributed by atoms with Gasteiger partial charge in [0.05, 0.1) is 5.38 Å². The lowest BCUT2D eigenvalue weighted by molar-refractivity contribution is -0.0328. The normalized spacial score (nSPS) is 13.5. The molecule has 0 aliphatic rings. The van der Waals surface area contributed by atoms with Crippen molar-refractivity contribution >= 4 is 29.1 Å². The monoisotopic (exact) mass is 282 g/mol. The molecule has 94 valence electrons. The van der Waals surface area contributed by atoms with Crippen LogP contribution < -0.4 is 0 Å². The van der Waals surface area contributed by atoms with E-state index in [1.165, 1.54) is 25.1 Å². The number of carbonyl (C=O) groups is 1. The Morgan fingerprint density at radius 1 is 1.41 bits per heavy atom. The third kappa shape index (κ3) is 4.24. The van der Waals surface area contributed by atoms with Crippen molar-refractivity contribution in [2.24, 2.45) is 0 Å². The molecule has 0 saturated carbocycles. The number of aryl methyl sites for hydroxylation is 1. The van der Waals surface area contributed by atoms with Crippen molar-refractivity contribution in [1.82, 2.24) is 0 Å². The summed E-state index contributed by atoms with van der Waals surface area (Å²) in [5.74, 6) is -0.379. The Hall–Kier alpha value is -0.680. The minimum atomic E-state index is -4.36. The summed E-state index contributed by atoms with van der Waals surface area (Å²) in [7, 11) is 0. The van der Waals surface area contributed by atoms with Gasteiger partial charge < -0.3 is 0 Å². The van der Waals surface area contributed by atoms with E-state index in [2.05, 4.69) is 0 Å². The van der Waals surface area contributed by atoms with Crippen LogP contribution in [-0.4, -0.2) is 16.7 Å². The molecule has 0 saturated heterocycles. The van der Waals surface area contributed by atoms with Gasteiger partial charge >= 0.3 is 5.51 Å². The van der Waals surface area contributed by atoms with Crippen LogP contribution in [0.1, 0.15) is 22.8 Å². The fourth-order valence-electron chi connectivity index (χ4n) is 1.22. The minimum Gasteiger partial charge on any atom is -0.293 e. The van der Waals surface area contributed by atoms with Crippen molar-refractivity contribution in [2.45, 2.75) is 29.6 Å². The Kier molecular flexibility index (Phi) is 4.49. The van der Waals surface area contributed by atoms with E-state index in [1.807, 2.05) is 0 Å². The number of carbonyl (C=O) groups excluding carboxylic acids is 1. The first-order valence-corrected chi connectivity index (χ1v) is 6.00. The molecule has 1 rings (SSSR count). The van der Waals surface area contributed by atoms with Crippen LogP contribution in [0.2, 0.25) is 0 Å². The zero-order valence-corrected chi connectivity index (χ0v) is 10.7. The minimum absolute atomic E-state index is 0.0284. The van der Waals surface area contributed by atoms with Gasteiger partial charge in [0.25, 0.3) is 0 Å². The van der Waals surface area contributed by atoms with Crippen LogP contribution in [0.25, 0.3) is 0 Å². The number of benzene rings is 1. The maximum Gasteiger partial charge on any atom is 0.446 e. The second-order valence-electron chi connectivity index (χ2n) is 3.51. The Morgan fingerprint density at radius 2 is 2.00 bits per heavy atom. The number of halogens is 4. The van der Waals surface area contributed by atoms with Gasteiger partial charge in [0.2, 0.25) is 0 Å². The van der Waals surface area contributed by atoms with Gasteiger partial charge in [-0.1, -0.05) is 12.1 Å². The Labute approximate surface area is 106 Å². The fourth-order valence-corrected chi connectivity index (χ4v) is 2.01. The molecule has 0 aromatic heterocycles. The summed E-state index contributed by atoms with van der Waals surface area (Å²) in [6.07, 6.45) is 0. The lowest BCUT2D eigenvalue weighted by atomic mass is 10.1. The lowest BCUT2D eigenvalue weighted by Crippen LogP contribution is -2.11. The van der Waals surface area contributed by atoms with E-state index in [0.717, 1.165) is 0 Å². The van der Waals surface area contributed by atoms with Gasteiger partial charge in [-0.3, -0.25) is 4.79 Å². The summed E-state index contributed by atoms with van der Waals surface area (Å²) < 4.78 is 36.8. The molecule has 0 aliphatic heterocycles. The highest BCUT2D eigenvalue weighted by atomic mass is 35.5. The topological polar surface area (TPSA) is 17.1 Å². The third-order valence-corrected chi connectivity index (χ3v) is 3.15. The first kappa shape index (κ1) is 14.4. The zero-order valence-electron chi connectivity index (χ0n) is 9.14. The molecule has 0 radical (unpaired) electrons. The average Bonchev–Trinajstić information content (AvgIpc) is 2.18. The maximum absolute atomic E-state index is 12.3. The van der Waals surface area contributed by atoms with Crippen LogP contribution in [-0.2, 0) is 0 Å². The van der Waals surface area contributed by atoms with Gasteiger partial charge in [0, 0.05) is 10.5 Å². The predicted molar refractivity (Wildman–Crippen MR) is 62.7 cm³/mol. The summed E-state index contributed by atoms with van der Waals surface area (Å²) in [6, 6.07) is 4.20. The van der Waals surface area contributed by atoms with Crippen LogP contribution in [0.5, 0.6) is 0 Å². The van der Waals surface area contributed by atoms with Crippen LogP contribution in [0.4, 0.5) is 13.2 Å². The summed E-state index contributed by atoms with van der Waals surface area (Å²) in [4.78, 5) is 11.6. The lowest BCUT2D eigenvalue weighted by Gasteiger charge is -2.10. The molecule has 0 amide bonds. The number of hydrogen-bond acceptors (Lipinski definition) is 2. The number of alkyl halides is 4. The fraction of sp³-hybridized carbons (Fsp3) is 0.364. The number of Topliss-reactive ketones (excluding diaryl/α,β-unsaturated/α-hetero) is 1. The van der Waals surface area contributed by atoms with E-state index >= 15 is 0 Å². The first-order chi connectivity index (χ1) is 7.70. The van der Waals surface area contributed by atoms with E-state index in [4.69, 9.17) is 11.6 Å². The van der Waals surface area contributed by atoms with Crippen molar-refractivity contribution in [3.8, 4) is 0 Å². The Bertz CT molecular complexity index is 429. The standard InChI is InChI=1S/C11H10ClF3OS/c1-6-3-4-8(10(16)7(2)12)5-9(6)17-11(13,14)15/h3-5,7H,1-2H3. The van der Waals surface area contributed by atoms with E-state index in [1.54, 1.807) is 6.92 Å². The first-order valence-electron chi connectivity index (χ1n) is 4.75. The van der Waals surface area contributed by atoms with Crippen molar-refractivity contribution in [2.75, 3.05) is 0 Å². The third-order valence-electron chi connectivity index (χ3n) is 2.06. The number of thioether (sulfide) groups is 1. The van der Waals surface area contributed by atoms with Crippen LogP contribution in [0.15, 0.2) is 23.1 Å². The summed E-state index contributed by atoms with van der Waals surface area (Å²) >= 11 is 5.38. The van der Waals surface area contributed by atoms with Gasteiger partial charge in [-0.15, -0.1) is 11.6 Å². The van der Waals surface area contributed by atoms with Crippen molar-refractivity contribution in [1.29, 1.82) is 0 Å². The second kappa shape index (κ2) is 5.31. The highest BCUT2D eigenvalue weighted by Crippen LogP contribution is 2.38. The quantitative estimate of drug-likeness (QED) is 0.464. The molecular formula is C11H10ClF3OS. The van der Waals surface area contributed by atoms with Crippen molar-refractivity contribution in [3.05, 3.63) is 29.3 Å². The molecule has 1 aromatic rings. The molecule has 0 aliphatic carbocycles. The summed E-state index contributed by atoms with van der Waals surface area (Å²) in [5, 5.41) is -0.749. The largest absolute Gasteiger partial charge is 0.446 e. The molecule has 1 nitrogen and oxygen atoms in total. The van der Waals surface area contributed by atoms with E-state index in [-0.39, 0.29) is 28.0 Å². The molecule has 1 atom stereocenters.